The lowest BCUT2D eigenvalue weighted by atomic mass is 9.80. The van der Waals surface area contributed by atoms with Crippen LogP contribution in [0.4, 0.5) is 0 Å². The highest BCUT2D eigenvalue weighted by Gasteiger charge is 2.37. The zero-order valence-corrected chi connectivity index (χ0v) is 15.9. The maximum Gasteiger partial charge on any atom is 0.303 e. The van der Waals surface area contributed by atoms with E-state index in [0.29, 0.717) is 25.2 Å². The van der Waals surface area contributed by atoms with Gasteiger partial charge >= 0.3 is 5.97 Å². The molecule has 0 unspecified atom stereocenters. The lowest BCUT2D eigenvalue weighted by Crippen LogP contribution is -2.49. The van der Waals surface area contributed by atoms with Crippen LogP contribution in [0.2, 0.25) is 0 Å². The molecule has 1 aromatic carbocycles. The fraction of sp³-hybridized carbons (Fsp3) is 0.364. The number of nitrogens with zero attached hydrogens (tertiary/aromatic N) is 3. The Morgan fingerprint density at radius 2 is 1.97 bits per heavy atom. The van der Waals surface area contributed by atoms with E-state index in [0.717, 1.165) is 23.2 Å². The average molecular weight is 391 g/mol. The molecule has 1 aromatic heterocycles. The molecule has 29 heavy (non-hydrogen) atoms. The van der Waals surface area contributed by atoms with E-state index in [4.69, 9.17) is 5.11 Å². The number of carbonyl (C=O) groups excluding carboxylic acids is 1. The Balaban J connectivity index is 1.71. The van der Waals surface area contributed by atoms with E-state index in [2.05, 4.69) is 6.07 Å². The average Bonchev–Trinajstić information content (AvgIpc) is 2.72. The number of fused-ring (bicyclic) bond motifs is 4. The third-order valence-corrected chi connectivity index (χ3v) is 5.80. The Morgan fingerprint density at radius 1 is 1.14 bits per heavy atom. The summed E-state index contributed by atoms with van der Waals surface area (Å²) in [6, 6.07) is 12.8. The highest BCUT2D eigenvalue weighted by molar-refractivity contribution is 5.81. The van der Waals surface area contributed by atoms with Crippen LogP contribution in [0.15, 0.2) is 41.2 Å². The van der Waals surface area contributed by atoms with Gasteiger partial charge in [0.15, 0.2) is 0 Å². The molecule has 0 saturated carbocycles. The molecule has 0 aliphatic carbocycles. The third kappa shape index (κ3) is 3.66. The van der Waals surface area contributed by atoms with Gasteiger partial charge in [0.05, 0.1) is 18.1 Å². The highest BCUT2D eigenvalue weighted by atomic mass is 16.4. The Labute approximate surface area is 167 Å². The maximum absolute atomic E-state index is 12.6. The van der Waals surface area contributed by atoms with Gasteiger partial charge in [-0.1, -0.05) is 12.1 Å². The molecule has 4 rings (SSSR count). The van der Waals surface area contributed by atoms with E-state index >= 15 is 0 Å². The topological polar surface area (TPSA) is 103 Å². The van der Waals surface area contributed by atoms with Crippen LogP contribution in [0, 0.1) is 17.2 Å². The number of aliphatic carboxylic acids is 1. The van der Waals surface area contributed by atoms with Crippen LogP contribution < -0.4 is 5.56 Å². The van der Waals surface area contributed by atoms with Crippen molar-refractivity contribution in [2.75, 3.05) is 13.1 Å². The predicted octanol–water partition coefficient (Wildman–Crippen LogP) is 2.20. The molecule has 2 aliphatic heterocycles. The normalized spacial score (nSPS) is 19.9. The summed E-state index contributed by atoms with van der Waals surface area (Å²) in [4.78, 5) is 37.6. The minimum Gasteiger partial charge on any atom is -0.481 e. The van der Waals surface area contributed by atoms with Crippen LogP contribution in [0.25, 0.3) is 11.1 Å². The van der Waals surface area contributed by atoms with Crippen LogP contribution >= 0.6 is 0 Å². The van der Waals surface area contributed by atoms with E-state index in [1.54, 1.807) is 23.1 Å². The predicted molar refractivity (Wildman–Crippen MR) is 105 cm³/mol. The number of carboxylic acids is 1. The van der Waals surface area contributed by atoms with Crippen molar-refractivity contribution in [3.8, 4) is 17.2 Å². The van der Waals surface area contributed by atoms with Crippen molar-refractivity contribution < 1.29 is 14.7 Å². The molecule has 148 valence electrons. The van der Waals surface area contributed by atoms with Crippen molar-refractivity contribution in [1.29, 1.82) is 5.26 Å². The van der Waals surface area contributed by atoms with Crippen molar-refractivity contribution in [1.82, 2.24) is 9.47 Å². The number of rotatable bonds is 4. The summed E-state index contributed by atoms with van der Waals surface area (Å²) in [7, 11) is 0. The van der Waals surface area contributed by atoms with E-state index in [-0.39, 0.29) is 36.1 Å². The Hall–Kier alpha value is -3.40. The van der Waals surface area contributed by atoms with Gasteiger partial charge in [0.2, 0.25) is 5.91 Å². The number of nitriles is 1. The second kappa shape index (κ2) is 7.55. The zero-order valence-electron chi connectivity index (χ0n) is 15.9. The standard InChI is InChI=1S/C22H21N3O4/c23-10-14-2-1-3-16(8-14)18-4-5-20(27)25-12-15-9-17(22(18)25)13-24(11-15)19(26)6-7-21(28)29/h1-5,8,15,17H,6-7,9,11-13H2,(H,28,29)/t15-,17+/m0/s1. The first-order valence-corrected chi connectivity index (χ1v) is 9.70. The van der Waals surface area contributed by atoms with Crippen LogP contribution in [-0.2, 0) is 16.1 Å². The molecule has 3 heterocycles. The van der Waals surface area contributed by atoms with Gasteiger partial charge < -0.3 is 14.6 Å². The number of hydrogen-bond acceptors (Lipinski definition) is 4. The first-order chi connectivity index (χ1) is 14.0. The van der Waals surface area contributed by atoms with Crippen LogP contribution in [0.3, 0.4) is 0 Å². The molecule has 7 nitrogen and oxygen atoms in total. The Morgan fingerprint density at radius 3 is 2.72 bits per heavy atom. The van der Waals surface area contributed by atoms with E-state index in [9.17, 15) is 19.6 Å². The summed E-state index contributed by atoms with van der Waals surface area (Å²) in [5.41, 5.74) is 3.18. The number of aromatic nitrogens is 1. The summed E-state index contributed by atoms with van der Waals surface area (Å²) < 4.78 is 1.81. The molecule has 0 spiro atoms. The van der Waals surface area contributed by atoms with Crippen molar-refractivity contribution >= 4 is 11.9 Å². The fourth-order valence-corrected chi connectivity index (χ4v) is 4.59. The molecule has 0 radical (unpaired) electrons. The summed E-state index contributed by atoms with van der Waals surface area (Å²) in [6.07, 6.45) is 0.706. The first-order valence-electron chi connectivity index (χ1n) is 9.70. The lowest BCUT2D eigenvalue weighted by Gasteiger charge is -2.43. The van der Waals surface area contributed by atoms with Gasteiger partial charge in [-0.05, 0) is 36.1 Å². The van der Waals surface area contributed by atoms with Gasteiger partial charge in [-0.2, -0.15) is 5.26 Å². The zero-order chi connectivity index (χ0) is 20.5. The number of carbonyl (C=O) groups is 2. The molecule has 2 aliphatic rings. The molecule has 1 N–H and O–H groups in total. The fourth-order valence-electron chi connectivity index (χ4n) is 4.59. The van der Waals surface area contributed by atoms with E-state index in [1.807, 2.05) is 22.8 Å². The summed E-state index contributed by atoms with van der Waals surface area (Å²) in [5, 5.41) is 18.1. The Kier molecular flexibility index (Phi) is 4.93. The van der Waals surface area contributed by atoms with Gasteiger partial charge in [-0.25, -0.2) is 0 Å². The lowest BCUT2D eigenvalue weighted by molar-refractivity contribution is -0.141. The van der Waals surface area contributed by atoms with Gasteiger partial charge in [0.1, 0.15) is 0 Å². The molecule has 2 bridgehead atoms. The van der Waals surface area contributed by atoms with E-state index in [1.165, 1.54) is 0 Å². The summed E-state index contributed by atoms with van der Waals surface area (Å²) >= 11 is 0. The molecule has 1 saturated heterocycles. The molecule has 7 heteroatoms. The monoisotopic (exact) mass is 391 g/mol. The molecule has 1 amide bonds. The van der Waals surface area contributed by atoms with Gasteiger partial charge in [-0.15, -0.1) is 0 Å². The van der Waals surface area contributed by atoms with Crippen LogP contribution in [-0.4, -0.2) is 39.5 Å². The largest absolute Gasteiger partial charge is 0.481 e. The number of likely N-dealkylation sites (tertiary alicyclic amines) is 1. The molecule has 2 atom stereocenters. The number of hydrogen-bond donors (Lipinski definition) is 1. The maximum atomic E-state index is 12.6. The van der Waals surface area contributed by atoms with Crippen molar-refractivity contribution in [3.63, 3.8) is 0 Å². The minimum absolute atomic E-state index is 0.00548. The second-order valence-corrected chi connectivity index (χ2v) is 7.76. The van der Waals surface area contributed by atoms with Gasteiger partial charge in [0, 0.05) is 49.3 Å². The second-order valence-electron chi connectivity index (χ2n) is 7.76. The number of amides is 1. The summed E-state index contributed by atoms with van der Waals surface area (Å²) in [6.45, 7) is 1.57. The van der Waals surface area contributed by atoms with E-state index < -0.39 is 5.97 Å². The van der Waals surface area contributed by atoms with Crippen molar-refractivity contribution in [3.05, 3.63) is 58.0 Å². The third-order valence-electron chi connectivity index (χ3n) is 5.80. The first kappa shape index (κ1) is 18.9. The van der Waals surface area contributed by atoms with Gasteiger partial charge in [0.25, 0.3) is 5.56 Å². The molecule has 2 aromatic rings. The summed E-state index contributed by atoms with van der Waals surface area (Å²) in [5.74, 6) is -0.951. The minimum atomic E-state index is -0.980. The quantitative estimate of drug-likeness (QED) is 0.861. The number of benzene rings is 1. The van der Waals surface area contributed by atoms with Crippen molar-refractivity contribution in [2.24, 2.45) is 5.92 Å². The number of piperidine rings is 1. The molecule has 1 fully saturated rings. The Bertz CT molecular complexity index is 1080. The number of carboxylic acid groups (broad SMARTS) is 1. The SMILES string of the molecule is N#Cc1cccc(-c2ccc(=O)n3c2[C@@H]2C[C@@H](CN(C(=O)CCC(=O)O)C2)C3)c1. The smallest absolute Gasteiger partial charge is 0.303 e. The number of pyridine rings is 1. The van der Waals surface area contributed by atoms with Crippen molar-refractivity contribution in [2.45, 2.75) is 31.7 Å². The van der Waals surface area contributed by atoms with Gasteiger partial charge in [-0.3, -0.25) is 14.4 Å². The van der Waals surface area contributed by atoms with Crippen LogP contribution in [0.1, 0.15) is 36.4 Å². The van der Waals surface area contributed by atoms with Crippen LogP contribution in [0.5, 0.6) is 0 Å². The molecular formula is C22H21N3O4. The highest BCUT2D eigenvalue weighted by Crippen LogP contribution is 2.40. The molecular weight excluding hydrogens is 370 g/mol.